The van der Waals surface area contributed by atoms with Gasteiger partial charge in [-0.25, -0.2) is 0 Å². The molecular formula is C11H12ClIO. The molecule has 0 spiro atoms. The molecule has 76 valence electrons. The van der Waals surface area contributed by atoms with E-state index in [1.807, 2.05) is 12.1 Å². The topological polar surface area (TPSA) is 17.1 Å². The molecule has 1 rings (SSSR count). The van der Waals surface area contributed by atoms with E-state index < -0.39 is 0 Å². The molecule has 0 amide bonds. The summed E-state index contributed by atoms with van der Waals surface area (Å²) in [6.07, 6.45) is 1.42. The van der Waals surface area contributed by atoms with Crippen LogP contribution in [0.15, 0.2) is 18.2 Å². The Morgan fingerprint density at radius 3 is 2.79 bits per heavy atom. The smallest absolute Gasteiger partial charge is 0.151 e. The first-order chi connectivity index (χ1) is 6.69. The van der Waals surface area contributed by atoms with Gasteiger partial charge in [0.2, 0.25) is 0 Å². The average molecular weight is 323 g/mol. The second-order valence-corrected chi connectivity index (χ2v) is 4.51. The number of alkyl halides is 1. The van der Waals surface area contributed by atoms with Gasteiger partial charge in [0.25, 0.3) is 0 Å². The van der Waals surface area contributed by atoms with E-state index in [2.05, 4.69) is 35.6 Å². The standard InChI is InChI=1S/C11H12ClIO/c1-2-8-4-3-5-11(13)10(8)6-9(14)7-12/h3-5H,2,6-7H2,1H3. The van der Waals surface area contributed by atoms with Crippen LogP contribution in [-0.2, 0) is 17.6 Å². The Morgan fingerprint density at radius 1 is 1.50 bits per heavy atom. The van der Waals surface area contributed by atoms with E-state index in [-0.39, 0.29) is 11.7 Å². The molecule has 1 aromatic carbocycles. The molecule has 1 aromatic rings. The third-order valence-electron chi connectivity index (χ3n) is 2.12. The van der Waals surface area contributed by atoms with Gasteiger partial charge in [0.15, 0.2) is 5.78 Å². The molecule has 0 radical (unpaired) electrons. The molecule has 0 saturated heterocycles. The lowest BCUT2D eigenvalue weighted by Crippen LogP contribution is -2.07. The lowest BCUT2D eigenvalue weighted by molar-refractivity contribution is -0.116. The quantitative estimate of drug-likeness (QED) is 0.614. The molecule has 0 atom stereocenters. The zero-order valence-electron chi connectivity index (χ0n) is 8.02. The van der Waals surface area contributed by atoms with Crippen molar-refractivity contribution in [2.45, 2.75) is 19.8 Å². The second kappa shape index (κ2) is 5.71. The molecule has 0 bridgehead atoms. The van der Waals surface area contributed by atoms with Crippen molar-refractivity contribution >= 4 is 40.0 Å². The van der Waals surface area contributed by atoms with Gasteiger partial charge in [0, 0.05) is 9.99 Å². The van der Waals surface area contributed by atoms with Crippen molar-refractivity contribution in [3.8, 4) is 0 Å². The van der Waals surface area contributed by atoms with Gasteiger partial charge in [-0.2, -0.15) is 0 Å². The van der Waals surface area contributed by atoms with Crippen molar-refractivity contribution in [1.29, 1.82) is 0 Å². The minimum absolute atomic E-state index is 0.0884. The molecule has 0 heterocycles. The van der Waals surface area contributed by atoms with E-state index in [1.165, 1.54) is 5.56 Å². The molecule has 0 N–H and O–H groups in total. The van der Waals surface area contributed by atoms with Crippen LogP contribution in [-0.4, -0.2) is 11.7 Å². The molecular weight excluding hydrogens is 310 g/mol. The van der Waals surface area contributed by atoms with Gasteiger partial charge < -0.3 is 0 Å². The van der Waals surface area contributed by atoms with E-state index in [9.17, 15) is 4.79 Å². The Bertz CT molecular complexity index is 336. The number of carbonyl (C=O) groups is 1. The van der Waals surface area contributed by atoms with Gasteiger partial charge in [-0.3, -0.25) is 4.79 Å². The normalized spacial score (nSPS) is 10.2. The van der Waals surface area contributed by atoms with E-state index >= 15 is 0 Å². The molecule has 1 nitrogen and oxygen atoms in total. The zero-order valence-corrected chi connectivity index (χ0v) is 10.9. The summed E-state index contributed by atoms with van der Waals surface area (Å²) in [7, 11) is 0. The molecule has 3 heteroatoms. The first kappa shape index (κ1) is 12.0. The van der Waals surface area contributed by atoms with Crippen LogP contribution in [0.1, 0.15) is 18.1 Å². The third kappa shape index (κ3) is 2.95. The highest BCUT2D eigenvalue weighted by Gasteiger charge is 2.09. The highest BCUT2D eigenvalue weighted by Crippen LogP contribution is 2.18. The summed E-state index contributed by atoms with van der Waals surface area (Å²) in [6, 6.07) is 6.12. The van der Waals surface area contributed by atoms with Crippen LogP contribution in [0.5, 0.6) is 0 Å². The third-order valence-corrected chi connectivity index (χ3v) is 3.43. The Hall–Kier alpha value is -0.0900. The largest absolute Gasteiger partial charge is 0.298 e. The van der Waals surface area contributed by atoms with Gasteiger partial charge in [-0.05, 0) is 46.2 Å². The van der Waals surface area contributed by atoms with Gasteiger partial charge in [-0.1, -0.05) is 19.1 Å². The fraction of sp³-hybridized carbons (Fsp3) is 0.364. The molecule has 0 aliphatic heterocycles. The maximum Gasteiger partial charge on any atom is 0.151 e. The van der Waals surface area contributed by atoms with Crippen LogP contribution in [0.4, 0.5) is 0 Å². The zero-order chi connectivity index (χ0) is 10.6. The number of carbonyl (C=O) groups excluding carboxylic acids is 1. The summed E-state index contributed by atoms with van der Waals surface area (Å²) in [5.41, 5.74) is 2.39. The Morgan fingerprint density at radius 2 is 2.21 bits per heavy atom. The number of aryl methyl sites for hydroxylation is 1. The molecule has 0 fully saturated rings. The summed E-state index contributed by atoms with van der Waals surface area (Å²) in [5, 5.41) is 0. The predicted molar refractivity (Wildman–Crippen MR) is 68.0 cm³/mol. The lowest BCUT2D eigenvalue weighted by atomic mass is 10.0. The lowest BCUT2D eigenvalue weighted by Gasteiger charge is -2.08. The van der Waals surface area contributed by atoms with E-state index in [0.717, 1.165) is 15.6 Å². The van der Waals surface area contributed by atoms with Crippen molar-refractivity contribution in [1.82, 2.24) is 0 Å². The van der Waals surface area contributed by atoms with Gasteiger partial charge in [-0.15, -0.1) is 11.6 Å². The van der Waals surface area contributed by atoms with Crippen molar-refractivity contribution in [2.24, 2.45) is 0 Å². The van der Waals surface area contributed by atoms with Crippen LogP contribution in [0, 0.1) is 3.57 Å². The van der Waals surface area contributed by atoms with Crippen molar-refractivity contribution in [2.75, 3.05) is 5.88 Å². The minimum Gasteiger partial charge on any atom is -0.298 e. The van der Waals surface area contributed by atoms with Crippen molar-refractivity contribution in [3.05, 3.63) is 32.9 Å². The first-order valence-corrected chi connectivity index (χ1v) is 6.14. The number of rotatable bonds is 4. The van der Waals surface area contributed by atoms with Crippen LogP contribution in [0.25, 0.3) is 0 Å². The molecule has 0 saturated carbocycles. The Labute approximate surface area is 103 Å². The maximum atomic E-state index is 11.3. The number of Topliss-reactive ketones (excluding diaryl/α,β-unsaturated/α-hetero) is 1. The summed E-state index contributed by atoms with van der Waals surface area (Å²) in [5.74, 6) is 0.194. The van der Waals surface area contributed by atoms with Crippen molar-refractivity contribution in [3.63, 3.8) is 0 Å². The number of hydrogen-bond acceptors (Lipinski definition) is 1. The number of hydrogen-bond donors (Lipinski definition) is 0. The fourth-order valence-electron chi connectivity index (χ4n) is 1.38. The summed E-state index contributed by atoms with van der Waals surface area (Å²) in [6.45, 7) is 2.10. The number of ketones is 1. The number of benzene rings is 1. The van der Waals surface area contributed by atoms with E-state index in [4.69, 9.17) is 11.6 Å². The van der Waals surface area contributed by atoms with Gasteiger partial charge in [0.05, 0.1) is 5.88 Å². The monoisotopic (exact) mass is 322 g/mol. The highest BCUT2D eigenvalue weighted by molar-refractivity contribution is 14.1. The van der Waals surface area contributed by atoms with Crippen LogP contribution >= 0.6 is 34.2 Å². The molecule has 14 heavy (non-hydrogen) atoms. The SMILES string of the molecule is CCc1cccc(I)c1CC(=O)CCl. The molecule has 0 aliphatic rings. The molecule has 0 aliphatic carbocycles. The van der Waals surface area contributed by atoms with E-state index in [0.29, 0.717) is 6.42 Å². The fourth-order valence-corrected chi connectivity index (χ4v) is 2.22. The van der Waals surface area contributed by atoms with Crippen LogP contribution in [0.2, 0.25) is 0 Å². The summed E-state index contributed by atoms with van der Waals surface area (Å²) >= 11 is 7.76. The number of halogens is 2. The minimum atomic E-state index is 0.0884. The average Bonchev–Trinajstić information content (AvgIpc) is 2.20. The summed E-state index contributed by atoms with van der Waals surface area (Å²) in [4.78, 5) is 11.3. The van der Waals surface area contributed by atoms with E-state index in [1.54, 1.807) is 0 Å². The predicted octanol–water partition coefficient (Wildman–Crippen LogP) is 3.20. The van der Waals surface area contributed by atoms with Gasteiger partial charge in [0.1, 0.15) is 0 Å². The van der Waals surface area contributed by atoms with Crippen LogP contribution < -0.4 is 0 Å². The summed E-state index contributed by atoms with van der Waals surface area (Å²) < 4.78 is 1.15. The Balaban J connectivity index is 2.98. The van der Waals surface area contributed by atoms with Crippen LogP contribution in [0.3, 0.4) is 0 Å². The maximum absolute atomic E-state index is 11.3. The highest BCUT2D eigenvalue weighted by atomic mass is 127. The Kier molecular flexibility index (Phi) is 4.89. The van der Waals surface area contributed by atoms with Crippen molar-refractivity contribution < 1.29 is 4.79 Å². The van der Waals surface area contributed by atoms with Gasteiger partial charge >= 0.3 is 0 Å². The second-order valence-electron chi connectivity index (χ2n) is 3.08. The molecule has 0 unspecified atom stereocenters. The first-order valence-electron chi connectivity index (χ1n) is 4.53. The molecule has 0 aromatic heterocycles.